The maximum atomic E-state index is 13.1. The summed E-state index contributed by atoms with van der Waals surface area (Å²) in [6.07, 6.45) is 0. The van der Waals surface area contributed by atoms with E-state index in [-0.39, 0.29) is 30.9 Å². The van der Waals surface area contributed by atoms with Gasteiger partial charge in [0.1, 0.15) is 6.61 Å². The van der Waals surface area contributed by atoms with E-state index < -0.39 is 5.91 Å². The van der Waals surface area contributed by atoms with E-state index in [0.717, 1.165) is 11.3 Å². The van der Waals surface area contributed by atoms with Crippen LogP contribution in [0, 0.1) is 0 Å². The average Bonchev–Trinajstić information content (AvgIpc) is 3.30. The number of para-hydroxylation sites is 1. The third-order valence-electron chi connectivity index (χ3n) is 5.36. The number of benzene rings is 2. The van der Waals surface area contributed by atoms with Crippen LogP contribution in [0.3, 0.4) is 0 Å². The zero-order valence-corrected chi connectivity index (χ0v) is 20.9. The number of halogens is 1. The molecule has 36 heavy (non-hydrogen) atoms. The fourth-order valence-corrected chi connectivity index (χ4v) is 4.62. The van der Waals surface area contributed by atoms with E-state index in [1.54, 1.807) is 59.5 Å². The molecule has 0 unspecified atom stereocenters. The molecule has 1 aromatic heterocycles. The summed E-state index contributed by atoms with van der Waals surface area (Å²) in [5.74, 6) is -1.16. The van der Waals surface area contributed by atoms with Crippen molar-refractivity contribution in [2.75, 3.05) is 35.3 Å². The normalized spacial score (nSPS) is 13.3. The van der Waals surface area contributed by atoms with Crippen molar-refractivity contribution in [3.8, 4) is 0 Å². The largest absolute Gasteiger partial charge is 0.370 e. The van der Waals surface area contributed by atoms with Crippen molar-refractivity contribution in [2.24, 2.45) is 0 Å². The highest BCUT2D eigenvalue weighted by Gasteiger charge is 2.21. The Balaban J connectivity index is 1.53. The Morgan fingerprint density at radius 2 is 1.81 bits per heavy atom. The van der Waals surface area contributed by atoms with Gasteiger partial charge in [0.2, 0.25) is 5.91 Å². The molecule has 3 aromatic rings. The SMILES string of the molecule is CC(=O)Nc1cccc(CNC(=O)c2ccc(Cl)s2)c1NC(=O)c1ccc(N2CCOCC2=O)cc1. The van der Waals surface area contributed by atoms with Gasteiger partial charge < -0.3 is 25.6 Å². The molecule has 0 bridgehead atoms. The van der Waals surface area contributed by atoms with E-state index in [0.29, 0.717) is 50.6 Å². The second-order valence-corrected chi connectivity index (χ2v) is 9.62. The van der Waals surface area contributed by atoms with Gasteiger partial charge in [0.05, 0.1) is 27.2 Å². The molecule has 0 aliphatic carbocycles. The number of hydrogen-bond acceptors (Lipinski definition) is 6. The number of nitrogens with zero attached hydrogens (tertiary/aromatic N) is 1. The first kappa shape index (κ1) is 25.4. The van der Waals surface area contributed by atoms with Crippen molar-refractivity contribution in [3.63, 3.8) is 0 Å². The monoisotopic (exact) mass is 526 g/mol. The zero-order valence-electron chi connectivity index (χ0n) is 19.3. The average molecular weight is 527 g/mol. The molecule has 0 spiro atoms. The first-order valence-electron chi connectivity index (χ1n) is 11.0. The lowest BCUT2D eigenvalue weighted by Gasteiger charge is -2.26. The molecular formula is C25H23ClN4O5S. The maximum Gasteiger partial charge on any atom is 0.261 e. The summed E-state index contributed by atoms with van der Waals surface area (Å²) in [7, 11) is 0. The number of carbonyl (C=O) groups excluding carboxylic acids is 4. The number of thiophene rings is 1. The van der Waals surface area contributed by atoms with Crippen LogP contribution in [0.2, 0.25) is 4.34 Å². The standard InChI is InChI=1S/C25H23ClN4O5S/c1-15(31)28-19-4-2-3-17(13-27-25(34)20-9-10-21(26)36-20)23(19)29-24(33)16-5-7-18(8-6-16)30-11-12-35-14-22(30)32/h2-10H,11-14H2,1H3,(H,27,34)(H,28,31)(H,29,33). The summed E-state index contributed by atoms with van der Waals surface area (Å²) in [5, 5.41) is 8.38. The summed E-state index contributed by atoms with van der Waals surface area (Å²) < 4.78 is 5.66. The number of anilines is 3. The fraction of sp³-hybridized carbons (Fsp3) is 0.200. The number of hydrogen-bond donors (Lipinski definition) is 3. The minimum absolute atomic E-state index is 0.0288. The van der Waals surface area contributed by atoms with E-state index >= 15 is 0 Å². The molecule has 1 aliphatic rings. The summed E-state index contributed by atoms with van der Waals surface area (Å²) in [6.45, 7) is 2.40. The third kappa shape index (κ3) is 6.09. The van der Waals surface area contributed by atoms with Crippen molar-refractivity contribution in [2.45, 2.75) is 13.5 Å². The highest BCUT2D eigenvalue weighted by Crippen LogP contribution is 2.28. The topological polar surface area (TPSA) is 117 Å². The molecule has 1 saturated heterocycles. The Kier molecular flexibility index (Phi) is 7.99. The van der Waals surface area contributed by atoms with Crippen LogP contribution in [0.5, 0.6) is 0 Å². The first-order valence-corrected chi connectivity index (χ1v) is 12.2. The lowest BCUT2D eigenvalue weighted by Crippen LogP contribution is -2.41. The van der Waals surface area contributed by atoms with Crippen molar-refractivity contribution in [3.05, 3.63) is 74.9 Å². The summed E-state index contributed by atoms with van der Waals surface area (Å²) in [6, 6.07) is 15.0. The van der Waals surface area contributed by atoms with Crippen molar-refractivity contribution >= 4 is 63.6 Å². The van der Waals surface area contributed by atoms with Crippen LogP contribution >= 0.6 is 22.9 Å². The summed E-state index contributed by atoms with van der Waals surface area (Å²) in [4.78, 5) is 51.5. The van der Waals surface area contributed by atoms with Crippen LogP contribution < -0.4 is 20.9 Å². The van der Waals surface area contributed by atoms with Gasteiger partial charge >= 0.3 is 0 Å². The predicted molar refractivity (Wildman–Crippen MR) is 139 cm³/mol. The fourth-order valence-electron chi connectivity index (χ4n) is 3.66. The second kappa shape index (κ2) is 11.3. The first-order chi connectivity index (χ1) is 17.3. The van der Waals surface area contributed by atoms with E-state index in [1.807, 2.05) is 0 Å². The van der Waals surface area contributed by atoms with Gasteiger partial charge in [0.15, 0.2) is 0 Å². The molecule has 3 N–H and O–H groups in total. The molecule has 0 saturated carbocycles. The minimum atomic E-state index is -0.412. The summed E-state index contributed by atoms with van der Waals surface area (Å²) >= 11 is 7.08. The van der Waals surface area contributed by atoms with Gasteiger partial charge in [0, 0.05) is 31.3 Å². The van der Waals surface area contributed by atoms with Crippen LogP contribution in [0.4, 0.5) is 17.1 Å². The number of nitrogens with one attached hydrogen (secondary N) is 3. The molecule has 0 radical (unpaired) electrons. The van der Waals surface area contributed by atoms with Crippen molar-refractivity contribution in [1.82, 2.24) is 5.32 Å². The third-order valence-corrected chi connectivity index (χ3v) is 6.59. The van der Waals surface area contributed by atoms with Crippen LogP contribution in [-0.2, 0) is 20.9 Å². The maximum absolute atomic E-state index is 13.1. The lowest BCUT2D eigenvalue weighted by atomic mass is 10.1. The van der Waals surface area contributed by atoms with Gasteiger partial charge in [-0.3, -0.25) is 19.2 Å². The van der Waals surface area contributed by atoms with Crippen molar-refractivity contribution in [1.29, 1.82) is 0 Å². The van der Waals surface area contributed by atoms with Gasteiger partial charge in [0.25, 0.3) is 17.7 Å². The van der Waals surface area contributed by atoms with E-state index in [1.165, 1.54) is 6.92 Å². The Morgan fingerprint density at radius 3 is 2.47 bits per heavy atom. The number of ether oxygens (including phenoxy) is 1. The van der Waals surface area contributed by atoms with E-state index in [9.17, 15) is 19.2 Å². The van der Waals surface area contributed by atoms with Crippen LogP contribution in [-0.4, -0.2) is 43.4 Å². The predicted octanol–water partition coefficient (Wildman–Crippen LogP) is 3.91. The summed E-state index contributed by atoms with van der Waals surface area (Å²) in [5.41, 5.74) is 2.41. The highest BCUT2D eigenvalue weighted by atomic mass is 35.5. The van der Waals surface area contributed by atoms with Crippen LogP contribution in [0.25, 0.3) is 0 Å². The minimum Gasteiger partial charge on any atom is -0.370 e. The zero-order chi connectivity index (χ0) is 25.7. The Bertz CT molecular complexity index is 1310. The number of morpholine rings is 1. The molecule has 0 atom stereocenters. The Hall–Kier alpha value is -3.73. The van der Waals surface area contributed by atoms with Crippen LogP contribution in [0.1, 0.15) is 32.5 Å². The van der Waals surface area contributed by atoms with Crippen LogP contribution in [0.15, 0.2) is 54.6 Å². The van der Waals surface area contributed by atoms with Gasteiger partial charge in [-0.15, -0.1) is 11.3 Å². The molecule has 4 amide bonds. The lowest BCUT2D eigenvalue weighted by molar-refractivity contribution is -0.125. The molecule has 9 nitrogen and oxygen atoms in total. The Morgan fingerprint density at radius 1 is 1.03 bits per heavy atom. The number of rotatable bonds is 7. The molecule has 1 fully saturated rings. The van der Waals surface area contributed by atoms with E-state index in [4.69, 9.17) is 16.3 Å². The number of amides is 4. The van der Waals surface area contributed by atoms with Gasteiger partial charge in [-0.05, 0) is 48.0 Å². The molecule has 4 rings (SSSR count). The van der Waals surface area contributed by atoms with E-state index in [2.05, 4.69) is 16.0 Å². The molecule has 1 aliphatic heterocycles. The highest BCUT2D eigenvalue weighted by molar-refractivity contribution is 7.18. The molecular weight excluding hydrogens is 504 g/mol. The number of carbonyl (C=O) groups is 4. The van der Waals surface area contributed by atoms with Gasteiger partial charge in [-0.25, -0.2) is 0 Å². The molecule has 186 valence electrons. The second-order valence-electron chi connectivity index (χ2n) is 7.91. The molecule has 2 aromatic carbocycles. The molecule has 2 heterocycles. The Labute approximate surface area is 216 Å². The van der Waals surface area contributed by atoms with Crippen molar-refractivity contribution < 1.29 is 23.9 Å². The smallest absolute Gasteiger partial charge is 0.261 e. The quantitative estimate of drug-likeness (QED) is 0.431. The van der Waals surface area contributed by atoms with Gasteiger partial charge in [-0.1, -0.05) is 23.7 Å². The molecule has 11 heteroatoms. The van der Waals surface area contributed by atoms with Gasteiger partial charge in [-0.2, -0.15) is 0 Å².